The predicted octanol–water partition coefficient (Wildman–Crippen LogP) is 1.76. The summed E-state index contributed by atoms with van der Waals surface area (Å²) in [6.07, 6.45) is 0. The molecule has 0 bridgehead atoms. The molecule has 2 N–H and O–H groups in total. The minimum Gasteiger partial charge on any atom is -0.455 e. The van der Waals surface area contributed by atoms with E-state index in [9.17, 15) is 18.0 Å². The summed E-state index contributed by atoms with van der Waals surface area (Å²) in [5.74, 6) is -0.789. The molecule has 0 radical (unpaired) electrons. The molecule has 140 valence electrons. The summed E-state index contributed by atoms with van der Waals surface area (Å²) >= 11 is 0. The van der Waals surface area contributed by atoms with Crippen molar-refractivity contribution in [2.24, 2.45) is 5.92 Å². The lowest BCUT2D eigenvalue weighted by Crippen LogP contribution is -2.36. The lowest BCUT2D eigenvalue weighted by atomic mass is 10.2. The van der Waals surface area contributed by atoms with Crippen molar-refractivity contribution in [2.45, 2.75) is 24.5 Å². The number of benzene rings is 1. The average molecular weight is 378 g/mol. The first-order chi connectivity index (χ1) is 12.3. The van der Waals surface area contributed by atoms with Gasteiger partial charge in [0.2, 0.25) is 5.91 Å². The van der Waals surface area contributed by atoms with Crippen LogP contribution in [0.3, 0.4) is 0 Å². The van der Waals surface area contributed by atoms with E-state index in [1.54, 1.807) is 32.0 Å². The number of amides is 2. The lowest BCUT2D eigenvalue weighted by Gasteiger charge is -2.08. The number of hydrogen-bond acceptors (Lipinski definition) is 5. The van der Waals surface area contributed by atoms with Crippen molar-refractivity contribution in [3.05, 3.63) is 54.0 Å². The predicted molar refractivity (Wildman–Crippen MR) is 96.2 cm³/mol. The van der Waals surface area contributed by atoms with E-state index in [0.29, 0.717) is 6.54 Å². The maximum atomic E-state index is 12.3. The van der Waals surface area contributed by atoms with E-state index in [1.165, 1.54) is 24.3 Å². The molecule has 0 fully saturated rings. The Morgan fingerprint density at radius 3 is 2.31 bits per heavy atom. The molecule has 7 nitrogen and oxygen atoms in total. The molecular weight excluding hydrogens is 356 g/mol. The van der Waals surface area contributed by atoms with Crippen LogP contribution >= 0.6 is 0 Å². The van der Waals surface area contributed by atoms with Crippen LogP contribution in [0.2, 0.25) is 0 Å². The standard InChI is InChI=1S/C18H22N2O5S/c1-13(2)17(21)19-10-11-20-18(22)16-9-8-14(25-16)12-26(23,24)15-6-4-3-5-7-15/h3-9,13H,10-12H2,1-2H3,(H,19,21)(H,20,22). The number of rotatable bonds is 8. The van der Waals surface area contributed by atoms with Crippen LogP contribution in [-0.2, 0) is 20.4 Å². The highest BCUT2D eigenvalue weighted by Crippen LogP contribution is 2.18. The minimum absolute atomic E-state index is 0.0263. The first-order valence-electron chi connectivity index (χ1n) is 8.22. The largest absolute Gasteiger partial charge is 0.455 e. The van der Waals surface area contributed by atoms with Gasteiger partial charge in [0, 0.05) is 19.0 Å². The Morgan fingerprint density at radius 2 is 1.65 bits per heavy atom. The summed E-state index contributed by atoms with van der Waals surface area (Å²) in [6.45, 7) is 4.11. The third-order valence-electron chi connectivity index (χ3n) is 3.55. The maximum absolute atomic E-state index is 12.3. The molecule has 0 aliphatic heterocycles. The minimum atomic E-state index is -3.54. The molecule has 2 rings (SSSR count). The van der Waals surface area contributed by atoms with Crippen LogP contribution in [0.1, 0.15) is 30.2 Å². The normalized spacial score (nSPS) is 11.3. The van der Waals surface area contributed by atoms with Gasteiger partial charge in [-0.25, -0.2) is 8.42 Å². The van der Waals surface area contributed by atoms with Crippen molar-refractivity contribution in [3.8, 4) is 0 Å². The first-order valence-corrected chi connectivity index (χ1v) is 9.87. The van der Waals surface area contributed by atoms with E-state index in [4.69, 9.17) is 4.42 Å². The van der Waals surface area contributed by atoms with Gasteiger partial charge in [-0.15, -0.1) is 0 Å². The van der Waals surface area contributed by atoms with Crippen molar-refractivity contribution in [1.29, 1.82) is 0 Å². The second kappa shape index (κ2) is 8.66. The van der Waals surface area contributed by atoms with Crippen molar-refractivity contribution >= 4 is 21.7 Å². The molecule has 0 spiro atoms. The van der Waals surface area contributed by atoms with Crippen LogP contribution in [0.15, 0.2) is 51.8 Å². The zero-order valence-electron chi connectivity index (χ0n) is 14.7. The molecule has 26 heavy (non-hydrogen) atoms. The quantitative estimate of drug-likeness (QED) is 0.681. The lowest BCUT2D eigenvalue weighted by molar-refractivity contribution is -0.123. The molecular formula is C18H22N2O5S. The number of furan rings is 1. The van der Waals surface area contributed by atoms with E-state index in [1.807, 2.05) is 0 Å². The highest BCUT2D eigenvalue weighted by atomic mass is 32.2. The van der Waals surface area contributed by atoms with Crippen LogP contribution in [0, 0.1) is 5.92 Å². The summed E-state index contributed by atoms with van der Waals surface area (Å²) in [4.78, 5) is 23.6. The molecule has 1 aromatic carbocycles. The van der Waals surface area contributed by atoms with Gasteiger partial charge in [-0.3, -0.25) is 9.59 Å². The number of carbonyl (C=O) groups excluding carboxylic acids is 2. The van der Waals surface area contributed by atoms with Crippen LogP contribution in [-0.4, -0.2) is 33.3 Å². The fourth-order valence-electron chi connectivity index (χ4n) is 2.13. The number of hydrogen-bond donors (Lipinski definition) is 2. The average Bonchev–Trinajstić information content (AvgIpc) is 3.06. The SMILES string of the molecule is CC(C)C(=O)NCCNC(=O)c1ccc(CS(=O)(=O)c2ccccc2)o1. The number of sulfone groups is 1. The summed E-state index contributed by atoms with van der Waals surface area (Å²) < 4.78 is 30.0. The van der Waals surface area contributed by atoms with Crippen molar-refractivity contribution in [3.63, 3.8) is 0 Å². The highest BCUT2D eigenvalue weighted by Gasteiger charge is 2.19. The smallest absolute Gasteiger partial charge is 0.287 e. The maximum Gasteiger partial charge on any atom is 0.287 e. The van der Waals surface area contributed by atoms with Gasteiger partial charge in [-0.1, -0.05) is 32.0 Å². The Morgan fingerprint density at radius 1 is 1.00 bits per heavy atom. The molecule has 2 amide bonds. The van der Waals surface area contributed by atoms with Gasteiger partial charge in [0.05, 0.1) is 4.90 Å². The summed E-state index contributed by atoms with van der Waals surface area (Å²) in [6, 6.07) is 10.9. The fraction of sp³-hybridized carbons (Fsp3) is 0.333. The highest BCUT2D eigenvalue weighted by molar-refractivity contribution is 7.90. The van der Waals surface area contributed by atoms with Gasteiger partial charge in [-0.2, -0.15) is 0 Å². The summed E-state index contributed by atoms with van der Waals surface area (Å²) in [7, 11) is -3.54. The molecule has 1 heterocycles. The van der Waals surface area contributed by atoms with Crippen LogP contribution < -0.4 is 10.6 Å². The Kier molecular flexibility index (Phi) is 6.57. The van der Waals surface area contributed by atoms with Crippen LogP contribution in [0.25, 0.3) is 0 Å². The molecule has 0 atom stereocenters. The zero-order chi connectivity index (χ0) is 19.2. The molecule has 0 saturated carbocycles. The molecule has 0 aliphatic rings. The molecule has 1 aromatic heterocycles. The zero-order valence-corrected chi connectivity index (χ0v) is 15.5. The number of carbonyl (C=O) groups is 2. The van der Waals surface area contributed by atoms with Crippen LogP contribution in [0.4, 0.5) is 0 Å². The van der Waals surface area contributed by atoms with Gasteiger partial charge < -0.3 is 15.1 Å². The van der Waals surface area contributed by atoms with Gasteiger partial charge in [0.25, 0.3) is 5.91 Å². The van der Waals surface area contributed by atoms with E-state index in [-0.39, 0.29) is 40.5 Å². The molecule has 0 aliphatic carbocycles. The first kappa shape index (κ1) is 19.7. The van der Waals surface area contributed by atoms with Crippen molar-refractivity contribution in [2.75, 3.05) is 13.1 Å². The topological polar surface area (TPSA) is 105 Å². The molecule has 8 heteroatoms. The number of nitrogens with one attached hydrogen (secondary N) is 2. The Balaban J connectivity index is 1.89. The molecule has 2 aromatic rings. The monoisotopic (exact) mass is 378 g/mol. The summed E-state index contributed by atoms with van der Waals surface area (Å²) in [5, 5.41) is 5.28. The van der Waals surface area contributed by atoms with Gasteiger partial charge in [0.15, 0.2) is 15.6 Å². The molecule has 0 unspecified atom stereocenters. The fourth-order valence-corrected chi connectivity index (χ4v) is 3.40. The second-order valence-corrected chi connectivity index (χ2v) is 8.03. The van der Waals surface area contributed by atoms with Gasteiger partial charge in [0.1, 0.15) is 11.5 Å². The van der Waals surface area contributed by atoms with Crippen molar-refractivity contribution < 1.29 is 22.4 Å². The Labute approximate surface area is 152 Å². The van der Waals surface area contributed by atoms with Gasteiger partial charge in [-0.05, 0) is 24.3 Å². The second-order valence-electron chi connectivity index (χ2n) is 6.04. The van der Waals surface area contributed by atoms with Crippen LogP contribution in [0.5, 0.6) is 0 Å². The third kappa shape index (κ3) is 5.45. The van der Waals surface area contributed by atoms with Gasteiger partial charge >= 0.3 is 0 Å². The Bertz CT molecular complexity index is 857. The van der Waals surface area contributed by atoms with E-state index in [0.717, 1.165) is 0 Å². The van der Waals surface area contributed by atoms with E-state index >= 15 is 0 Å². The van der Waals surface area contributed by atoms with Crippen molar-refractivity contribution in [1.82, 2.24) is 10.6 Å². The Hall–Kier alpha value is -2.61. The summed E-state index contributed by atoms with van der Waals surface area (Å²) in [5.41, 5.74) is 0. The van der Waals surface area contributed by atoms with E-state index < -0.39 is 15.7 Å². The molecule has 0 saturated heterocycles. The third-order valence-corrected chi connectivity index (χ3v) is 5.21. The van der Waals surface area contributed by atoms with E-state index in [2.05, 4.69) is 10.6 Å².